The maximum atomic E-state index is 12.0. The zero-order valence-corrected chi connectivity index (χ0v) is 12.2. The second-order valence-electron chi connectivity index (χ2n) is 3.55. The molecule has 2 heterocycles. The Hall–Kier alpha value is -1.74. The molecule has 9 heteroatoms. The number of nitrogens with one attached hydrogen (secondary N) is 1. The number of aromatic nitrogens is 2. The van der Waals surface area contributed by atoms with Crippen molar-refractivity contribution in [3.8, 4) is 0 Å². The summed E-state index contributed by atoms with van der Waals surface area (Å²) in [5.74, 6) is -0.420. The van der Waals surface area contributed by atoms with E-state index < -0.39 is 10.8 Å². The highest BCUT2D eigenvalue weighted by molar-refractivity contribution is 9.11. The number of nitro groups is 1. The van der Waals surface area contributed by atoms with E-state index in [0.29, 0.717) is 11.7 Å². The lowest BCUT2D eigenvalue weighted by atomic mass is 10.4. The zero-order chi connectivity index (χ0) is 14.0. The van der Waals surface area contributed by atoms with Gasteiger partial charge in [-0.3, -0.25) is 20.2 Å². The fourth-order valence-corrected chi connectivity index (χ4v) is 2.62. The number of nitrogens with zero attached hydrogens (tertiary/aromatic N) is 3. The van der Waals surface area contributed by atoms with Gasteiger partial charge in [-0.2, -0.15) is 0 Å². The summed E-state index contributed by atoms with van der Waals surface area (Å²) in [6.07, 6.45) is 2.91. The van der Waals surface area contributed by atoms with E-state index >= 15 is 0 Å². The maximum Gasteiger partial charge on any atom is 0.287 e. The van der Waals surface area contributed by atoms with Crippen molar-refractivity contribution in [1.29, 1.82) is 0 Å². The minimum atomic E-state index is -0.525. The number of hydrogen-bond donors (Lipinski definition) is 1. The number of halogens is 1. The third-order valence-corrected chi connectivity index (χ3v) is 3.76. The van der Waals surface area contributed by atoms with E-state index in [1.54, 1.807) is 13.1 Å². The SMILES string of the molecule is CCn1cc([N+](=O)[O-])cc1C(=O)Nc1ncc(Br)s1. The van der Waals surface area contributed by atoms with Crippen molar-refractivity contribution in [2.75, 3.05) is 5.32 Å². The van der Waals surface area contributed by atoms with Crippen LogP contribution in [0.4, 0.5) is 10.8 Å². The smallest absolute Gasteiger partial charge is 0.287 e. The van der Waals surface area contributed by atoms with Crippen LogP contribution in [0, 0.1) is 10.1 Å². The molecule has 2 aromatic heterocycles. The summed E-state index contributed by atoms with van der Waals surface area (Å²) in [4.78, 5) is 26.2. The Balaban J connectivity index is 2.25. The lowest BCUT2D eigenvalue weighted by Crippen LogP contribution is -2.16. The molecular weight excluding hydrogens is 336 g/mol. The number of carbonyl (C=O) groups is 1. The summed E-state index contributed by atoms with van der Waals surface area (Å²) in [5.41, 5.74) is 0.132. The minimum Gasteiger partial charge on any atom is -0.337 e. The van der Waals surface area contributed by atoms with E-state index in [2.05, 4.69) is 26.2 Å². The summed E-state index contributed by atoms with van der Waals surface area (Å²) < 4.78 is 2.32. The maximum absolute atomic E-state index is 12.0. The Labute approximate surface area is 120 Å². The Morgan fingerprint density at radius 2 is 2.42 bits per heavy atom. The molecule has 1 N–H and O–H groups in total. The number of thiazole rings is 1. The average Bonchev–Trinajstić information content (AvgIpc) is 2.95. The zero-order valence-electron chi connectivity index (χ0n) is 9.79. The van der Waals surface area contributed by atoms with Gasteiger partial charge in [0.1, 0.15) is 5.69 Å². The van der Waals surface area contributed by atoms with Gasteiger partial charge < -0.3 is 4.57 Å². The van der Waals surface area contributed by atoms with Crippen LogP contribution in [0.3, 0.4) is 0 Å². The van der Waals surface area contributed by atoms with Crippen LogP contribution in [0.15, 0.2) is 22.2 Å². The predicted octanol–water partition coefficient (Wildman–Crippen LogP) is 2.89. The fraction of sp³-hybridized carbons (Fsp3) is 0.200. The van der Waals surface area contributed by atoms with Crippen molar-refractivity contribution < 1.29 is 9.72 Å². The van der Waals surface area contributed by atoms with Gasteiger partial charge in [0.05, 0.1) is 21.1 Å². The molecule has 0 spiro atoms. The summed E-state index contributed by atoms with van der Waals surface area (Å²) >= 11 is 4.51. The van der Waals surface area contributed by atoms with Crippen LogP contribution in [-0.2, 0) is 6.54 Å². The molecule has 7 nitrogen and oxygen atoms in total. The number of rotatable bonds is 4. The van der Waals surface area contributed by atoms with Crippen LogP contribution >= 0.6 is 27.3 Å². The number of amides is 1. The number of carbonyl (C=O) groups excluding carboxylic acids is 1. The predicted molar refractivity (Wildman–Crippen MR) is 74.5 cm³/mol. The quantitative estimate of drug-likeness (QED) is 0.681. The van der Waals surface area contributed by atoms with Crippen LogP contribution in [0.2, 0.25) is 0 Å². The van der Waals surface area contributed by atoms with Crippen molar-refractivity contribution in [3.63, 3.8) is 0 Å². The molecule has 0 aromatic carbocycles. The lowest BCUT2D eigenvalue weighted by molar-refractivity contribution is -0.384. The summed E-state index contributed by atoms with van der Waals surface area (Å²) in [5, 5.41) is 13.7. The van der Waals surface area contributed by atoms with E-state index in [0.717, 1.165) is 3.79 Å². The van der Waals surface area contributed by atoms with Crippen molar-refractivity contribution in [2.24, 2.45) is 0 Å². The molecule has 0 saturated heterocycles. The summed E-state index contributed by atoms with van der Waals surface area (Å²) in [7, 11) is 0. The van der Waals surface area contributed by atoms with Crippen LogP contribution < -0.4 is 5.32 Å². The monoisotopic (exact) mass is 344 g/mol. The molecule has 0 aliphatic carbocycles. The van der Waals surface area contributed by atoms with Gasteiger partial charge in [0, 0.05) is 12.6 Å². The van der Waals surface area contributed by atoms with Crippen molar-refractivity contribution >= 4 is 44.0 Å². The third-order valence-electron chi connectivity index (χ3n) is 2.36. The first-order chi connectivity index (χ1) is 9.01. The highest BCUT2D eigenvalue weighted by Crippen LogP contribution is 2.24. The van der Waals surface area contributed by atoms with Crippen LogP contribution in [-0.4, -0.2) is 20.4 Å². The van der Waals surface area contributed by atoms with Gasteiger partial charge in [-0.1, -0.05) is 11.3 Å². The molecule has 0 radical (unpaired) electrons. The molecule has 0 saturated carbocycles. The van der Waals surface area contributed by atoms with Crippen molar-refractivity contribution in [3.05, 3.63) is 38.1 Å². The molecule has 0 aliphatic rings. The summed E-state index contributed by atoms with van der Waals surface area (Å²) in [6, 6.07) is 1.25. The summed E-state index contributed by atoms with van der Waals surface area (Å²) in [6.45, 7) is 2.28. The Kier molecular flexibility index (Phi) is 3.96. The molecule has 0 aliphatic heterocycles. The lowest BCUT2D eigenvalue weighted by Gasteiger charge is -2.04. The Morgan fingerprint density at radius 1 is 1.68 bits per heavy atom. The highest BCUT2D eigenvalue weighted by Gasteiger charge is 2.19. The van der Waals surface area contributed by atoms with Gasteiger partial charge in [0.2, 0.25) is 0 Å². The van der Waals surface area contributed by atoms with E-state index in [9.17, 15) is 14.9 Å². The molecular formula is C10H9BrN4O3S. The molecule has 19 heavy (non-hydrogen) atoms. The second-order valence-corrected chi connectivity index (χ2v) is 5.96. The molecule has 0 atom stereocenters. The third kappa shape index (κ3) is 2.99. The molecule has 2 aromatic rings. The van der Waals surface area contributed by atoms with E-state index in [-0.39, 0.29) is 11.4 Å². The highest BCUT2D eigenvalue weighted by atomic mass is 79.9. The van der Waals surface area contributed by atoms with Gasteiger partial charge in [-0.15, -0.1) is 0 Å². The first-order valence-electron chi connectivity index (χ1n) is 5.28. The Morgan fingerprint density at radius 3 is 2.95 bits per heavy atom. The van der Waals surface area contributed by atoms with Gasteiger partial charge in [-0.05, 0) is 22.9 Å². The molecule has 0 bridgehead atoms. The van der Waals surface area contributed by atoms with Gasteiger partial charge >= 0.3 is 0 Å². The number of aryl methyl sites for hydroxylation is 1. The first kappa shape index (κ1) is 13.7. The standard InChI is InChI=1S/C10H9BrN4O3S/c1-2-14-5-6(15(17)18)3-7(14)9(16)13-10-12-4-8(11)19-10/h3-5H,2H2,1H3,(H,12,13,16). The largest absolute Gasteiger partial charge is 0.337 e. The van der Waals surface area contributed by atoms with Gasteiger partial charge in [0.15, 0.2) is 5.13 Å². The number of hydrogen-bond acceptors (Lipinski definition) is 5. The van der Waals surface area contributed by atoms with Gasteiger partial charge in [0.25, 0.3) is 11.6 Å². The van der Waals surface area contributed by atoms with Gasteiger partial charge in [-0.25, -0.2) is 4.98 Å². The van der Waals surface area contributed by atoms with E-state index in [1.165, 1.54) is 28.2 Å². The molecule has 0 unspecified atom stereocenters. The molecule has 1 amide bonds. The van der Waals surface area contributed by atoms with E-state index in [1.807, 2.05) is 0 Å². The van der Waals surface area contributed by atoms with Crippen molar-refractivity contribution in [1.82, 2.24) is 9.55 Å². The Bertz CT molecular complexity index is 637. The van der Waals surface area contributed by atoms with Crippen LogP contribution in [0.5, 0.6) is 0 Å². The normalized spacial score (nSPS) is 10.4. The average molecular weight is 345 g/mol. The number of anilines is 1. The molecule has 2 rings (SSSR count). The topological polar surface area (TPSA) is 90.1 Å². The van der Waals surface area contributed by atoms with Crippen LogP contribution in [0.25, 0.3) is 0 Å². The second kappa shape index (κ2) is 5.49. The molecule has 100 valence electrons. The van der Waals surface area contributed by atoms with Crippen LogP contribution in [0.1, 0.15) is 17.4 Å². The fourth-order valence-electron chi connectivity index (χ4n) is 1.52. The molecule has 0 fully saturated rings. The first-order valence-corrected chi connectivity index (χ1v) is 6.89. The minimum absolute atomic E-state index is 0.104. The van der Waals surface area contributed by atoms with E-state index in [4.69, 9.17) is 0 Å². The van der Waals surface area contributed by atoms with Crippen molar-refractivity contribution in [2.45, 2.75) is 13.5 Å².